The Kier molecular flexibility index (Phi) is 3.39. The fraction of sp³-hybridized carbons (Fsp3) is 0.500. The Morgan fingerprint density at radius 3 is 3.14 bits per heavy atom. The molecule has 2 aliphatic heterocycles. The number of ether oxygens (including phenoxy) is 1. The van der Waals surface area contributed by atoms with Crippen molar-refractivity contribution in [2.45, 2.75) is 25.5 Å². The largest absolute Gasteiger partial charge is 0.376 e. The SMILES string of the molecule is Brc1cnn(C2CCN(c3ncnc4c3COCC4)C2)c1. The number of anilines is 1. The van der Waals surface area contributed by atoms with Crippen LogP contribution in [0.4, 0.5) is 5.82 Å². The van der Waals surface area contributed by atoms with Crippen LogP contribution in [0, 0.1) is 0 Å². The van der Waals surface area contributed by atoms with Gasteiger partial charge in [-0.3, -0.25) is 4.68 Å². The van der Waals surface area contributed by atoms with E-state index >= 15 is 0 Å². The molecule has 0 spiro atoms. The van der Waals surface area contributed by atoms with Gasteiger partial charge in [0, 0.05) is 31.3 Å². The lowest BCUT2D eigenvalue weighted by molar-refractivity contribution is 0.109. The average molecular weight is 350 g/mol. The van der Waals surface area contributed by atoms with E-state index in [9.17, 15) is 0 Å². The Morgan fingerprint density at radius 1 is 1.33 bits per heavy atom. The molecule has 4 heterocycles. The van der Waals surface area contributed by atoms with Crippen molar-refractivity contribution < 1.29 is 4.74 Å². The van der Waals surface area contributed by atoms with Gasteiger partial charge in [0.15, 0.2) is 0 Å². The molecule has 7 heteroatoms. The summed E-state index contributed by atoms with van der Waals surface area (Å²) in [5.74, 6) is 1.04. The molecular weight excluding hydrogens is 334 g/mol. The number of hydrogen-bond donors (Lipinski definition) is 0. The standard InChI is InChI=1S/C14H16BrN5O/c15-10-5-18-20(6-10)11-1-3-19(7-11)14-12-8-21-4-2-13(12)16-9-17-14/h5-6,9,11H,1-4,7-8H2. The van der Waals surface area contributed by atoms with Crippen molar-refractivity contribution in [1.29, 1.82) is 0 Å². The second-order valence-corrected chi connectivity index (χ2v) is 6.37. The van der Waals surface area contributed by atoms with Crippen LogP contribution in [-0.2, 0) is 17.8 Å². The molecule has 0 amide bonds. The summed E-state index contributed by atoms with van der Waals surface area (Å²) in [7, 11) is 0. The van der Waals surface area contributed by atoms with Gasteiger partial charge in [-0.2, -0.15) is 5.10 Å². The molecule has 0 bridgehead atoms. The first kappa shape index (κ1) is 13.2. The number of aromatic nitrogens is 4. The molecule has 1 fully saturated rings. The van der Waals surface area contributed by atoms with Crippen molar-refractivity contribution in [1.82, 2.24) is 19.7 Å². The summed E-state index contributed by atoms with van der Waals surface area (Å²) < 4.78 is 8.64. The highest BCUT2D eigenvalue weighted by Gasteiger charge is 2.28. The van der Waals surface area contributed by atoms with E-state index in [1.807, 2.05) is 17.1 Å². The van der Waals surface area contributed by atoms with Crippen LogP contribution < -0.4 is 4.90 Å². The fourth-order valence-corrected chi connectivity index (χ4v) is 3.38. The van der Waals surface area contributed by atoms with Crippen molar-refractivity contribution in [2.75, 3.05) is 24.6 Å². The van der Waals surface area contributed by atoms with Crippen LogP contribution in [0.2, 0.25) is 0 Å². The van der Waals surface area contributed by atoms with E-state index in [4.69, 9.17) is 4.74 Å². The van der Waals surface area contributed by atoms with Crippen LogP contribution in [0.15, 0.2) is 23.2 Å². The summed E-state index contributed by atoms with van der Waals surface area (Å²) >= 11 is 3.45. The van der Waals surface area contributed by atoms with Gasteiger partial charge in [-0.05, 0) is 22.4 Å². The third-order valence-electron chi connectivity index (χ3n) is 4.15. The molecule has 0 N–H and O–H groups in total. The molecule has 2 aliphatic rings. The molecular formula is C14H16BrN5O. The van der Waals surface area contributed by atoms with E-state index in [-0.39, 0.29) is 0 Å². The summed E-state index contributed by atoms with van der Waals surface area (Å²) in [5.41, 5.74) is 2.29. The van der Waals surface area contributed by atoms with Gasteiger partial charge in [0.1, 0.15) is 12.1 Å². The van der Waals surface area contributed by atoms with E-state index in [0.717, 1.165) is 54.1 Å². The maximum absolute atomic E-state index is 5.58. The molecule has 1 saturated heterocycles. The zero-order valence-electron chi connectivity index (χ0n) is 11.6. The van der Waals surface area contributed by atoms with Gasteiger partial charge in [0.25, 0.3) is 0 Å². The lowest BCUT2D eigenvalue weighted by atomic mass is 10.1. The summed E-state index contributed by atoms with van der Waals surface area (Å²) in [4.78, 5) is 11.2. The molecule has 0 radical (unpaired) electrons. The monoisotopic (exact) mass is 349 g/mol. The normalized spacial score (nSPS) is 21.6. The first-order chi connectivity index (χ1) is 10.3. The van der Waals surface area contributed by atoms with Gasteiger partial charge in [-0.1, -0.05) is 0 Å². The van der Waals surface area contributed by atoms with Crippen molar-refractivity contribution in [2.24, 2.45) is 0 Å². The number of fused-ring (bicyclic) bond motifs is 1. The molecule has 0 aliphatic carbocycles. The van der Waals surface area contributed by atoms with Crippen LogP contribution in [0.5, 0.6) is 0 Å². The molecule has 2 aromatic heterocycles. The third-order valence-corrected chi connectivity index (χ3v) is 4.56. The third kappa shape index (κ3) is 2.44. The fourth-order valence-electron chi connectivity index (χ4n) is 3.08. The van der Waals surface area contributed by atoms with Crippen molar-refractivity contribution in [3.8, 4) is 0 Å². The molecule has 6 nitrogen and oxygen atoms in total. The topological polar surface area (TPSA) is 56.1 Å². The van der Waals surface area contributed by atoms with E-state index in [2.05, 4.69) is 35.9 Å². The van der Waals surface area contributed by atoms with E-state index in [0.29, 0.717) is 12.6 Å². The second kappa shape index (κ2) is 5.38. The van der Waals surface area contributed by atoms with E-state index in [1.165, 1.54) is 0 Å². The van der Waals surface area contributed by atoms with Gasteiger partial charge in [0.2, 0.25) is 0 Å². The number of hydrogen-bond acceptors (Lipinski definition) is 5. The Balaban J connectivity index is 1.58. The first-order valence-corrected chi connectivity index (χ1v) is 7.95. The highest BCUT2D eigenvalue weighted by atomic mass is 79.9. The van der Waals surface area contributed by atoms with Crippen molar-refractivity contribution in [3.05, 3.63) is 34.5 Å². The highest BCUT2D eigenvalue weighted by molar-refractivity contribution is 9.10. The Hall–Kier alpha value is -1.47. The quantitative estimate of drug-likeness (QED) is 0.829. The first-order valence-electron chi connectivity index (χ1n) is 7.16. The van der Waals surface area contributed by atoms with E-state index < -0.39 is 0 Å². The molecule has 1 atom stereocenters. The molecule has 0 aromatic carbocycles. The maximum Gasteiger partial charge on any atom is 0.137 e. The predicted octanol–water partition coefficient (Wildman–Crippen LogP) is 1.96. The zero-order valence-corrected chi connectivity index (χ0v) is 13.2. The summed E-state index contributed by atoms with van der Waals surface area (Å²) in [6.45, 7) is 3.30. The van der Waals surface area contributed by atoms with Gasteiger partial charge in [-0.15, -0.1) is 0 Å². The van der Waals surface area contributed by atoms with Gasteiger partial charge in [0.05, 0.1) is 35.6 Å². The average Bonchev–Trinajstić information content (AvgIpc) is 3.15. The minimum Gasteiger partial charge on any atom is -0.376 e. The van der Waals surface area contributed by atoms with Crippen LogP contribution in [-0.4, -0.2) is 39.4 Å². The van der Waals surface area contributed by atoms with E-state index in [1.54, 1.807) is 6.33 Å². The lowest BCUT2D eigenvalue weighted by Gasteiger charge is -2.24. The summed E-state index contributed by atoms with van der Waals surface area (Å²) in [6.07, 6.45) is 7.51. The van der Waals surface area contributed by atoms with Crippen LogP contribution in [0.25, 0.3) is 0 Å². The van der Waals surface area contributed by atoms with Crippen LogP contribution >= 0.6 is 15.9 Å². The number of rotatable bonds is 2. The Bertz CT molecular complexity index is 659. The summed E-state index contributed by atoms with van der Waals surface area (Å²) in [5, 5.41) is 4.40. The van der Waals surface area contributed by atoms with Crippen molar-refractivity contribution >= 4 is 21.7 Å². The van der Waals surface area contributed by atoms with Crippen molar-refractivity contribution in [3.63, 3.8) is 0 Å². The predicted molar refractivity (Wildman–Crippen MR) is 81.2 cm³/mol. The van der Waals surface area contributed by atoms with Gasteiger partial charge < -0.3 is 9.64 Å². The van der Waals surface area contributed by atoms with Gasteiger partial charge >= 0.3 is 0 Å². The highest BCUT2D eigenvalue weighted by Crippen LogP contribution is 2.30. The zero-order chi connectivity index (χ0) is 14.2. The van der Waals surface area contributed by atoms with Crippen LogP contribution in [0.3, 0.4) is 0 Å². The number of nitrogens with zero attached hydrogens (tertiary/aromatic N) is 5. The minimum atomic E-state index is 0.395. The molecule has 0 saturated carbocycles. The number of halogens is 1. The molecule has 2 aromatic rings. The lowest BCUT2D eigenvalue weighted by Crippen LogP contribution is -2.26. The molecule has 110 valence electrons. The second-order valence-electron chi connectivity index (χ2n) is 5.45. The summed E-state index contributed by atoms with van der Waals surface area (Å²) in [6, 6.07) is 0.395. The molecule has 4 rings (SSSR count). The Morgan fingerprint density at radius 2 is 2.29 bits per heavy atom. The minimum absolute atomic E-state index is 0.395. The maximum atomic E-state index is 5.58. The molecule has 1 unspecified atom stereocenters. The van der Waals surface area contributed by atoms with Gasteiger partial charge in [-0.25, -0.2) is 9.97 Å². The Labute approximate surface area is 131 Å². The van der Waals surface area contributed by atoms with Crippen LogP contribution in [0.1, 0.15) is 23.7 Å². The smallest absolute Gasteiger partial charge is 0.137 e. The molecule has 21 heavy (non-hydrogen) atoms.